The van der Waals surface area contributed by atoms with Gasteiger partial charge in [-0.05, 0) is 50.1 Å². The number of nitrogens with zero attached hydrogens (tertiary/aromatic N) is 1. The predicted molar refractivity (Wildman–Crippen MR) is 111 cm³/mol. The molecule has 1 aromatic carbocycles. The van der Waals surface area contributed by atoms with Crippen LogP contribution in [0.15, 0.2) is 53.6 Å². The number of halogens is 2. The number of aromatic amines is 1. The number of aromatic carboxylic acids is 1. The van der Waals surface area contributed by atoms with Crippen LogP contribution in [0.4, 0.5) is 0 Å². The van der Waals surface area contributed by atoms with E-state index in [0.29, 0.717) is 27.7 Å². The molecule has 0 aliphatic carbocycles. The molecule has 0 aliphatic heterocycles. The molecule has 0 bridgehead atoms. The van der Waals surface area contributed by atoms with Gasteiger partial charge in [-0.3, -0.25) is 4.79 Å². The van der Waals surface area contributed by atoms with Gasteiger partial charge in [0, 0.05) is 40.6 Å². The minimum atomic E-state index is -1.01. The van der Waals surface area contributed by atoms with Crippen LogP contribution in [-0.2, 0) is 6.42 Å². The summed E-state index contributed by atoms with van der Waals surface area (Å²) in [5.74, 6) is -1.37. The molecule has 146 valence electrons. The van der Waals surface area contributed by atoms with E-state index in [9.17, 15) is 14.7 Å². The lowest BCUT2D eigenvalue weighted by Gasteiger charge is -2.23. The average Bonchev–Trinajstić information content (AvgIpc) is 3.08. The lowest BCUT2D eigenvalue weighted by Crippen LogP contribution is -2.20. The maximum Gasteiger partial charge on any atom is 0.337 e. The van der Waals surface area contributed by atoms with E-state index in [1.54, 1.807) is 30.5 Å². The summed E-state index contributed by atoms with van der Waals surface area (Å²) in [5, 5.41) is 10.7. The summed E-state index contributed by atoms with van der Waals surface area (Å²) < 4.78 is 1.93. The Morgan fingerprint density at radius 3 is 2.43 bits per heavy atom. The van der Waals surface area contributed by atoms with Crippen molar-refractivity contribution >= 4 is 29.2 Å². The van der Waals surface area contributed by atoms with E-state index in [0.717, 1.165) is 5.56 Å². The second-order valence-corrected chi connectivity index (χ2v) is 7.77. The SMILES string of the molecule is CC(C)n1ccc(C(=O)O)c1C(Cc1cc(Cl)c[nH]c1=O)c1ccc(Cl)cc1. The van der Waals surface area contributed by atoms with Crippen molar-refractivity contribution in [2.24, 2.45) is 0 Å². The Balaban J connectivity index is 2.21. The maximum atomic E-state index is 12.3. The average molecular weight is 419 g/mol. The molecule has 0 radical (unpaired) electrons. The highest BCUT2D eigenvalue weighted by atomic mass is 35.5. The smallest absolute Gasteiger partial charge is 0.337 e. The van der Waals surface area contributed by atoms with Gasteiger partial charge in [0.15, 0.2) is 0 Å². The largest absolute Gasteiger partial charge is 0.478 e. The van der Waals surface area contributed by atoms with Crippen molar-refractivity contribution < 1.29 is 9.90 Å². The Kier molecular flexibility index (Phi) is 5.96. The highest BCUT2D eigenvalue weighted by molar-refractivity contribution is 6.30. The molecule has 2 N–H and O–H groups in total. The summed E-state index contributed by atoms with van der Waals surface area (Å²) in [6.45, 7) is 3.97. The van der Waals surface area contributed by atoms with Crippen LogP contribution in [0.5, 0.6) is 0 Å². The highest BCUT2D eigenvalue weighted by Gasteiger charge is 2.27. The maximum absolute atomic E-state index is 12.3. The van der Waals surface area contributed by atoms with Gasteiger partial charge in [-0.1, -0.05) is 35.3 Å². The minimum Gasteiger partial charge on any atom is -0.478 e. The van der Waals surface area contributed by atoms with Crippen molar-refractivity contribution in [2.45, 2.75) is 32.2 Å². The third kappa shape index (κ3) is 4.16. The summed E-state index contributed by atoms with van der Waals surface area (Å²) in [7, 11) is 0. The second-order valence-electron chi connectivity index (χ2n) is 6.90. The quantitative estimate of drug-likeness (QED) is 0.581. The Labute approximate surface area is 172 Å². The molecule has 5 nitrogen and oxygen atoms in total. The first kappa shape index (κ1) is 20.2. The Hall–Kier alpha value is -2.50. The standard InChI is InChI=1S/C21H20Cl2N2O3/c1-12(2)25-8-7-17(21(27)28)19(25)18(13-3-5-15(22)6-4-13)10-14-9-16(23)11-24-20(14)26/h3-9,11-12,18H,10H2,1-2H3,(H,24,26)(H,27,28). The summed E-state index contributed by atoms with van der Waals surface area (Å²) in [6.07, 6.45) is 3.51. The first-order valence-electron chi connectivity index (χ1n) is 8.84. The molecule has 1 unspecified atom stereocenters. The Bertz CT molecular complexity index is 1050. The lowest BCUT2D eigenvalue weighted by atomic mass is 9.87. The van der Waals surface area contributed by atoms with Crippen molar-refractivity contribution in [1.82, 2.24) is 9.55 Å². The molecular weight excluding hydrogens is 399 g/mol. The van der Waals surface area contributed by atoms with Gasteiger partial charge in [-0.15, -0.1) is 0 Å². The number of hydrogen-bond acceptors (Lipinski definition) is 2. The number of hydrogen-bond donors (Lipinski definition) is 2. The van der Waals surface area contributed by atoms with Crippen molar-refractivity contribution in [1.29, 1.82) is 0 Å². The van der Waals surface area contributed by atoms with E-state index >= 15 is 0 Å². The van der Waals surface area contributed by atoms with Gasteiger partial charge >= 0.3 is 5.97 Å². The monoisotopic (exact) mass is 418 g/mol. The molecule has 0 amide bonds. The van der Waals surface area contributed by atoms with Gasteiger partial charge in [-0.25, -0.2) is 4.79 Å². The Morgan fingerprint density at radius 2 is 1.82 bits per heavy atom. The van der Waals surface area contributed by atoms with E-state index in [1.807, 2.05) is 30.5 Å². The van der Waals surface area contributed by atoms with Crippen LogP contribution in [0, 0.1) is 0 Å². The van der Waals surface area contributed by atoms with Gasteiger partial charge < -0.3 is 14.7 Å². The van der Waals surface area contributed by atoms with E-state index < -0.39 is 5.97 Å². The summed E-state index contributed by atoms with van der Waals surface area (Å²) in [4.78, 5) is 26.9. The van der Waals surface area contributed by atoms with Crippen molar-refractivity contribution in [3.8, 4) is 0 Å². The predicted octanol–water partition coefficient (Wildman–Crippen LogP) is 5.14. The molecule has 3 aromatic rings. The molecular formula is C21H20Cl2N2O3. The van der Waals surface area contributed by atoms with E-state index in [-0.39, 0.29) is 23.1 Å². The van der Waals surface area contributed by atoms with Crippen LogP contribution in [0.25, 0.3) is 0 Å². The molecule has 0 aliphatic rings. The van der Waals surface area contributed by atoms with E-state index in [1.165, 1.54) is 6.20 Å². The van der Waals surface area contributed by atoms with Gasteiger partial charge in [0.25, 0.3) is 5.56 Å². The third-order valence-corrected chi connectivity index (χ3v) is 5.18. The van der Waals surface area contributed by atoms with Crippen LogP contribution in [-0.4, -0.2) is 20.6 Å². The number of benzene rings is 1. The highest BCUT2D eigenvalue weighted by Crippen LogP contribution is 2.34. The van der Waals surface area contributed by atoms with Crippen molar-refractivity contribution in [2.75, 3.05) is 0 Å². The number of carboxylic acid groups (broad SMARTS) is 1. The zero-order chi connectivity index (χ0) is 20.4. The van der Waals surface area contributed by atoms with Crippen LogP contribution < -0.4 is 5.56 Å². The summed E-state index contributed by atoms with van der Waals surface area (Å²) >= 11 is 12.1. The minimum absolute atomic E-state index is 0.0514. The first-order valence-corrected chi connectivity index (χ1v) is 9.60. The number of rotatable bonds is 6. The number of H-pyrrole nitrogens is 1. The molecule has 0 spiro atoms. The molecule has 2 heterocycles. The van der Waals surface area contributed by atoms with Crippen molar-refractivity contribution in [3.63, 3.8) is 0 Å². The molecule has 0 fully saturated rings. The van der Waals surface area contributed by atoms with Gasteiger partial charge in [0.2, 0.25) is 0 Å². The van der Waals surface area contributed by atoms with E-state index in [4.69, 9.17) is 23.2 Å². The normalized spacial score (nSPS) is 12.3. The molecule has 3 rings (SSSR count). The molecule has 1 atom stereocenters. The zero-order valence-electron chi connectivity index (χ0n) is 15.4. The van der Waals surface area contributed by atoms with Gasteiger partial charge in [0.1, 0.15) is 0 Å². The second kappa shape index (κ2) is 8.25. The summed E-state index contributed by atoms with van der Waals surface area (Å²) in [6, 6.07) is 10.5. The Morgan fingerprint density at radius 1 is 1.14 bits per heavy atom. The van der Waals surface area contributed by atoms with Crippen LogP contribution in [0.3, 0.4) is 0 Å². The van der Waals surface area contributed by atoms with Crippen molar-refractivity contribution in [3.05, 3.63) is 91.6 Å². The third-order valence-electron chi connectivity index (χ3n) is 4.71. The number of aromatic nitrogens is 2. The number of carbonyl (C=O) groups is 1. The van der Waals surface area contributed by atoms with Crippen LogP contribution >= 0.6 is 23.2 Å². The van der Waals surface area contributed by atoms with Crippen LogP contribution in [0.2, 0.25) is 10.0 Å². The lowest BCUT2D eigenvalue weighted by molar-refractivity contribution is 0.0695. The fourth-order valence-corrected chi connectivity index (χ4v) is 3.71. The van der Waals surface area contributed by atoms with E-state index in [2.05, 4.69) is 4.98 Å². The molecule has 7 heteroatoms. The molecule has 0 saturated carbocycles. The number of pyridine rings is 1. The molecule has 28 heavy (non-hydrogen) atoms. The topological polar surface area (TPSA) is 75.1 Å². The van der Waals surface area contributed by atoms with Crippen LogP contribution in [0.1, 0.15) is 53.0 Å². The first-order chi connectivity index (χ1) is 13.3. The number of carboxylic acids is 1. The summed E-state index contributed by atoms with van der Waals surface area (Å²) in [5.41, 5.74) is 1.96. The fraction of sp³-hybridized carbons (Fsp3) is 0.238. The molecule has 2 aromatic heterocycles. The number of nitrogens with one attached hydrogen (secondary N) is 1. The fourth-order valence-electron chi connectivity index (χ4n) is 3.40. The zero-order valence-corrected chi connectivity index (χ0v) is 17.0. The van der Waals surface area contributed by atoms with Gasteiger partial charge in [0.05, 0.1) is 10.6 Å². The van der Waals surface area contributed by atoms with Gasteiger partial charge in [-0.2, -0.15) is 0 Å². The molecule has 0 saturated heterocycles.